The second-order valence-corrected chi connectivity index (χ2v) is 9.69. The van der Waals surface area contributed by atoms with Gasteiger partial charge in [-0.15, -0.1) is 0 Å². The summed E-state index contributed by atoms with van der Waals surface area (Å²) in [5.41, 5.74) is 0.862. The van der Waals surface area contributed by atoms with Crippen LogP contribution in [0.5, 0.6) is 0 Å². The summed E-state index contributed by atoms with van der Waals surface area (Å²) >= 11 is -1.39. The fraction of sp³-hybridized carbons (Fsp3) is 0.500. The van der Waals surface area contributed by atoms with Gasteiger partial charge in [-0.3, -0.25) is 4.57 Å². The zero-order valence-corrected chi connectivity index (χ0v) is 18.5. The molecule has 170 valence electrons. The molecule has 1 fully saturated rings. The molecule has 32 heavy (non-hydrogen) atoms. The highest BCUT2D eigenvalue weighted by molar-refractivity contribution is 7.91. The molecule has 1 saturated carbocycles. The molecular formula is C20H21F3N6O2S. The van der Waals surface area contributed by atoms with Gasteiger partial charge in [0.25, 0.3) is 5.03 Å². The molecule has 1 aliphatic carbocycles. The summed E-state index contributed by atoms with van der Waals surface area (Å²) in [5.74, 6) is 1.68. The summed E-state index contributed by atoms with van der Waals surface area (Å²) in [7, 11) is 3.41. The van der Waals surface area contributed by atoms with Gasteiger partial charge in [0.15, 0.2) is 29.1 Å². The molecule has 2 atom stereocenters. The molecule has 0 amide bonds. The van der Waals surface area contributed by atoms with E-state index in [0.29, 0.717) is 40.5 Å². The average molecular weight is 466 g/mol. The van der Waals surface area contributed by atoms with Crippen LogP contribution in [0.15, 0.2) is 22.4 Å². The molecule has 4 heterocycles. The zero-order valence-electron chi connectivity index (χ0n) is 17.7. The van der Waals surface area contributed by atoms with Gasteiger partial charge in [-0.25, -0.2) is 15.0 Å². The number of aryl methyl sites for hydroxylation is 1. The molecule has 0 radical (unpaired) electrons. The summed E-state index contributed by atoms with van der Waals surface area (Å²) in [5, 5.41) is 4.65. The SMILES string of the molecule is CC[S+]([O-])c1c(-c2nc3cc(C(F)(F)F)cnc3n2C)nc(C2CC(C3CC3)=NO2)n1C. The Bertz CT molecular complexity index is 1230. The van der Waals surface area contributed by atoms with E-state index in [4.69, 9.17) is 9.82 Å². The Balaban J connectivity index is 1.61. The van der Waals surface area contributed by atoms with Gasteiger partial charge in [-0.05, 0) is 25.8 Å². The van der Waals surface area contributed by atoms with E-state index >= 15 is 0 Å². The number of rotatable bonds is 5. The first-order chi connectivity index (χ1) is 15.2. The molecule has 2 unspecified atom stereocenters. The lowest BCUT2D eigenvalue weighted by atomic mass is 10.1. The lowest BCUT2D eigenvalue weighted by molar-refractivity contribution is -0.137. The van der Waals surface area contributed by atoms with E-state index < -0.39 is 29.0 Å². The van der Waals surface area contributed by atoms with Crippen LogP contribution in [0.4, 0.5) is 13.2 Å². The molecule has 8 nitrogen and oxygen atoms in total. The third-order valence-electron chi connectivity index (χ3n) is 5.83. The van der Waals surface area contributed by atoms with Crippen LogP contribution in [0.2, 0.25) is 0 Å². The van der Waals surface area contributed by atoms with Crippen LogP contribution >= 0.6 is 0 Å². The first-order valence-electron chi connectivity index (χ1n) is 10.3. The number of imidazole rings is 2. The van der Waals surface area contributed by atoms with Gasteiger partial charge in [0, 0.05) is 43.8 Å². The fourth-order valence-electron chi connectivity index (χ4n) is 3.97. The molecule has 0 aromatic carbocycles. The van der Waals surface area contributed by atoms with E-state index in [0.717, 1.165) is 30.8 Å². The van der Waals surface area contributed by atoms with Crippen LogP contribution in [0.25, 0.3) is 22.7 Å². The molecular weight excluding hydrogens is 445 g/mol. The number of pyridine rings is 1. The van der Waals surface area contributed by atoms with Gasteiger partial charge in [0.05, 0.1) is 11.3 Å². The summed E-state index contributed by atoms with van der Waals surface area (Å²) in [6.07, 6.45) is -1.30. The molecule has 3 aromatic rings. The molecule has 1 aliphatic heterocycles. The average Bonchev–Trinajstić information content (AvgIpc) is 3.26. The summed E-state index contributed by atoms with van der Waals surface area (Å²) in [6.45, 7) is 1.79. The van der Waals surface area contributed by atoms with Gasteiger partial charge in [-0.1, -0.05) is 5.16 Å². The number of nitrogens with zero attached hydrogens (tertiary/aromatic N) is 6. The zero-order chi connectivity index (χ0) is 22.8. The van der Waals surface area contributed by atoms with E-state index in [2.05, 4.69) is 15.1 Å². The minimum absolute atomic E-state index is 0.0919. The molecule has 0 spiro atoms. The van der Waals surface area contributed by atoms with Crippen molar-refractivity contribution in [1.29, 1.82) is 0 Å². The van der Waals surface area contributed by atoms with Gasteiger partial charge in [0.1, 0.15) is 11.3 Å². The Morgan fingerprint density at radius 2 is 1.97 bits per heavy atom. The Morgan fingerprint density at radius 3 is 2.62 bits per heavy atom. The normalized spacial score (nSPS) is 20.0. The molecule has 0 N–H and O–H groups in total. The second kappa shape index (κ2) is 7.48. The van der Waals surface area contributed by atoms with Crippen molar-refractivity contribution in [1.82, 2.24) is 24.1 Å². The number of hydrogen-bond donors (Lipinski definition) is 0. The maximum atomic E-state index is 13.1. The van der Waals surface area contributed by atoms with Crippen LogP contribution in [-0.2, 0) is 36.3 Å². The molecule has 0 bridgehead atoms. The van der Waals surface area contributed by atoms with Crippen molar-refractivity contribution in [3.05, 3.63) is 23.7 Å². The topological polar surface area (TPSA) is 93.2 Å². The van der Waals surface area contributed by atoms with Crippen molar-refractivity contribution in [2.45, 2.75) is 43.5 Å². The summed E-state index contributed by atoms with van der Waals surface area (Å²) < 4.78 is 55.6. The second-order valence-electron chi connectivity index (χ2n) is 8.03. The number of alkyl halides is 3. The van der Waals surface area contributed by atoms with Gasteiger partial charge >= 0.3 is 6.18 Å². The van der Waals surface area contributed by atoms with E-state index in [1.165, 1.54) is 0 Å². The van der Waals surface area contributed by atoms with Gasteiger partial charge in [-0.2, -0.15) is 13.2 Å². The monoisotopic (exact) mass is 466 g/mol. The summed E-state index contributed by atoms with van der Waals surface area (Å²) in [6, 6.07) is 0.960. The van der Waals surface area contributed by atoms with Crippen molar-refractivity contribution in [3.63, 3.8) is 0 Å². The Kier molecular flexibility index (Phi) is 4.97. The predicted molar refractivity (Wildman–Crippen MR) is 111 cm³/mol. The van der Waals surface area contributed by atoms with E-state index in [1.807, 2.05) is 0 Å². The largest absolute Gasteiger partial charge is 0.610 e. The van der Waals surface area contributed by atoms with E-state index in [-0.39, 0.29) is 11.2 Å². The molecule has 2 aliphatic rings. The number of oxime groups is 1. The van der Waals surface area contributed by atoms with Crippen LogP contribution in [0.1, 0.15) is 43.7 Å². The molecule has 3 aromatic heterocycles. The van der Waals surface area contributed by atoms with E-state index in [1.54, 1.807) is 30.2 Å². The highest BCUT2D eigenvalue weighted by atomic mass is 32.2. The quantitative estimate of drug-likeness (QED) is 0.534. The minimum Gasteiger partial charge on any atom is -0.610 e. The van der Waals surface area contributed by atoms with Crippen molar-refractivity contribution in [2.24, 2.45) is 25.2 Å². The molecule has 5 rings (SSSR count). The van der Waals surface area contributed by atoms with Crippen molar-refractivity contribution < 1.29 is 22.6 Å². The van der Waals surface area contributed by atoms with Crippen LogP contribution < -0.4 is 0 Å². The van der Waals surface area contributed by atoms with Crippen LogP contribution in [-0.4, -0.2) is 40.1 Å². The van der Waals surface area contributed by atoms with Gasteiger partial charge < -0.3 is 14.0 Å². The highest BCUT2D eigenvalue weighted by Gasteiger charge is 2.39. The maximum absolute atomic E-state index is 13.1. The number of halogens is 3. The number of hydrogen-bond acceptors (Lipinski definition) is 6. The summed E-state index contributed by atoms with van der Waals surface area (Å²) in [4.78, 5) is 18.7. The highest BCUT2D eigenvalue weighted by Crippen LogP contribution is 2.40. The maximum Gasteiger partial charge on any atom is 0.417 e. The molecule has 12 heteroatoms. The van der Waals surface area contributed by atoms with Crippen molar-refractivity contribution >= 4 is 28.1 Å². The minimum atomic E-state index is -4.52. The fourth-order valence-corrected chi connectivity index (χ4v) is 4.99. The first-order valence-corrected chi connectivity index (χ1v) is 11.6. The smallest absolute Gasteiger partial charge is 0.417 e. The van der Waals surface area contributed by atoms with Crippen molar-refractivity contribution in [3.8, 4) is 11.5 Å². The standard InChI is InChI=1S/C20H21F3N6O2S/c1-4-32(30)19-15(26-17(29(19)3)14-8-12(27-31-14)10-5-6-10)18-25-13-7-11(20(21,22)23)9-24-16(13)28(18)2/h7,9-10,14H,4-6,8H2,1-3H3. The lowest BCUT2D eigenvalue weighted by Gasteiger charge is -2.12. The Morgan fingerprint density at radius 1 is 1.22 bits per heavy atom. The third kappa shape index (κ3) is 3.45. The van der Waals surface area contributed by atoms with Crippen LogP contribution in [0, 0.1) is 5.92 Å². The Hall–Kier alpha value is -2.60. The lowest BCUT2D eigenvalue weighted by Crippen LogP contribution is -2.14. The number of aromatic nitrogens is 5. The van der Waals surface area contributed by atoms with Crippen LogP contribution in [0.3, 0.4) is 0 Å². The van der Waals surface area contributed by atoms with E-state index in [9.17, 15) is 17.7 Å². The number of fused-ring (bicyclic) bond motifs is 1. The Labute approximate surface area is 184 Å². The van der Waals surface area contributed by atoms with Gasteiger partial charge in [0.2, 0.25) is 0 Å². The first kappa shape index (κ1) is 21.3. The molecule has 0 saturated heterocycles. The predicted octanol–water partition coefficient (Wildman–Crippen LogP) is 3.74. The van der Waals surface area contributed by atoms with Crippen molar-refractivity contribution in [2.75, 3.05) is 5.75 Å². The third-order valence-corrected chi connectivity index (χ3v) is 7.25.